The summed E-state index contributed by atoms with van der Waals surface area (Å²) in [5.74, 6) is 0.619. The fraction of sp³-hybridized carbons (Fsp3) is 0.375. The average molecular weight is 121 g/mol. The van der Waals surface area contributed by atoms with E-state index in [-0.39, 0.29) is 0 Å². The molecule has 0 aromatic rings. The molecule has 0 saturated carbocycles. The topological polar surface area (TPSA) is 14.1 Å². The van der Waals surface area contributed by atoms with Crippen LogP contribution in [0.15, 0.2) is 23.9 Å². The Morgan fingerprint density at radius 1 is 1.44 bits per heavy atom. The van der Waals surface area contributed by atoms with E-state index >= 15 is 0 Å². The van der Waals surface area contributed by atoms with Gasteiger partial charge in [-0.2, -0.15) is 0 Å². The zero-order valence-electron chi connectivity index (χ0n) is 5.83. The number of aliphatic imine (C=N–C) groups is 1. The lowest BCUT2D eigenvalue weighted by atomic mass is 10.0. The van der Waals surface area contributed by atoms with Gasteiger partial charge in [-0.25, -0.2) is 0 Å². The zero-order valence-corrected chi connectivity index (χ0v) is 5.83. The van der Waals surface area contributed by atoms with Gasteiger partial charge in [0.15, 0.2) is 0 Å². The molecule has 0 spiro atoms. The van der Waals surface area contributed by atoms with Gasteiger partial charge in [0, 0.05) is 12.2 Å². The third kappa shape index (κ3) is 1.53. The van der Waals surface area contributed by atoms with E-state index in [9.17, 15) is 0 Å². The van der Waals surface area contributed by atoms with Gasteiger partial charge in [0.05, 0.1) is 4.99 Å². The first kappa shape index (κ1) is 6.27. The average Bonchev–Trinajstić information content (AvgIpc) is 1.90. The Morgan fingerprint density at radius 3 is 2.56 bits per heavy atom. The standard InChI is InChI=1S/C8H11N/c1-7(2)8-3-5-9-6-4-8/h3-7H,1-2H3/q+1. The van der Waals surface area contributed by atoms with E-state index < -0.39 is 0 Å². The van der Waals surface area contributed by atoms with E-state index in [1.165, 1.54) is 5.57 Å². The van der Waals surface area contributed by atoms with E-state index in [0.29, 0.717) is 5.92 Å². The molecule has 1 radical (unpaired) electrons. The summed E-state index contributed by atoms with van der Waals surface area (Å²) in [5.41, 5.74) is 1.35. The van der Waals surface area contributed by atoms with Crippen molar-refractivity contribution in [2.24, 2.45) is 5.92 Å². The summed E-state index contributed by atoms with van der Waals surface area (Å²) < 4.78 is 0. The number of hydrogen-bond acceptors (Lipinski definition) is 1. The minimum Gasteiger partial charge on any atom is -0.0587 e. The summed E-state index contributed by atoms with van der Waals surface area (Å²) in [5, 5.41) is 0. The van der Waals surface area contributed by atoms with E-state index in [0.717, 1.165) is 0 Å². The van der Waals surface area contributed by atoms with Gasteiger partial charge < -0.3 is 0 Å². The van der Waals surface area contributed by atoms with Crippen LogP contribution in [-0.2, 0) is 0 Å². The molecule has 1 aliphatic rings. The predicted octanol–water partition coefficient (Wildman–Crippen LogP) is 1.50. The minimum absolute atomic E-state index is 0.619. The summed E-state index contributed by atoms with van der Waals surface area (Å²) in [6, 6.07) is 0. The van der Waals surface area contributed by atoms with Crippen LogP contribution in [0.25, 0.3) is 0 Å². The maximum absolute atomic E-state index is 3.93. The van der Waals surface area contributed by atoms with Crippen LogP contribution in [0.5, 0.6) is 0 Å². The summed E-state index contributed by atoms with van der Waals surface area (Å²) in [6.45, 7) is 4.35. The Labute approximate surface area is 55.8 Å². The van der Waals surface area contributed by atoms with Crippen molar-refractivity contribution in [3.8, 4) is 0 Å². The van der Waals surface area contributed by atoms with Crippen LogP contribution in [0.4, 0.5) is 0 Å². The largest absolute Gasteiger partial charge is 0.242 e. The number of nitrogens with zero attached hydrogens (tertiary/aromatic N) is 1. The molecule has 0 saturated heterocycles. The molecule has 0 unspecified atom stereocenters. The third-order valence-corrected chi connectivity index (χ3v) is 1.37. The Bertz CT molecular complexity index is 173. The number of allylic oxidation sites excluding steroid dienone is 3. The first-order valence-electron chi connectivity index (χ1n) is 3.20. The lowest BCUT2D eigenvalue weighted by molar-refractivity contribution is 0.791. The minimum atomic E-state index is 0.619. The van der Waals surface area contributed by atoms with Crippen molar-refractivity contribution in [1.82, 2.24) is 4.99 Å². The second kappa shape index (κ2) is 2.62. The van der Waals surface area contributed by atoms with Crippen LogP contribution in [0.1, 0.15) is 13.8 Å². The van der Waals surface area contributed by atoms with E-state index in [1.54, 1.807) is 0 Å². The Morgan fingerprint density at radius 2 is 2.22 bits per heavy atom. The fourth-order valence-corrected chi connectivity index (χ4v) is 0.748. The highest BCUT2D eigenvalue weighted by atomic mass is 14.7. The van der Waals surface area contributed by atoms with Crippen LogP contribution in [0.2, 0.25) is 0 Å². The van der Waals surface area contributed by atoms with Gasteiger partial charge in [0.2, 0.25) is 12.4 Å². The van der Waals surface area contributed by atoms with E-state index in [4.69, 9.17) is 0 Å². The molecule has 0 N–H and O–H groups in total. The summed E-state index contributed by atoms with van der Waals surface area (Å²) in [6.07, 6.45) is 7.75. The maximum atomic E-state index is 3.93. The summed E-state index contributed by atoms with van der Waals surface area (Å²) in [7, 11) is 0. The van der Waals surface area contributed by atoms with Crippen LogP contribution < -0.4 is 4.99 Å². The van der Waals surface area contributed by atoms with Crippen molar-refractivity contribution in [3.63, 3.8) is 0 Å². The first-order chi connectivity index (χ1) is 4.30. The normalized spacial score (nSPS) is 16.6. The Hall–Kier alpha value is -0.850. The van der Waals surface area contributed by atoms with E-state index in [2.05, 4.69) is 18.8 Å². The van der Waals surface area contributed by atoms with Crippen LogP contribution in [0, 0.1) is 5.92 Å². The van der Waals surface area contributed by atoms with Crippen molar-refractivity contribution in [1.29, 1.82) is 0 Å². The Balaban J connectivity index is 2.72. The molecule has 0 fully saturated rings. The van der Waals surface area contributed by atoms with Gasteiger partial charge in [0.25, 0.3) is 0 Å². The zero-order chi connectivity index (χ0) is 6.69. The lowest BCUT2D eigenvalue weighted by Crippen LogP contribution is -1.96. The first-order valence-corrected chi connectivity index (χ1v) is 3.20. The maximum Gasteiger partial charge on any atom is 0.242 e. The number of hydrogen-bond donors (Lipinski definition) is 0. The van der Waals surface area contributed by atoms with Gasteiger partial charge in [0.1, 0.15) is 0 Å². The van der Waals surface area contributed by atoms with E-state index in [1.807, 2.05) is 24.6 Å². The predicted molar refractivity (Wildman–Crippen MR) is 40.3 cm³/mol. The lowest BCUT2D eigenvalue weighted by Gasteiger charge is -2.01. The summed E-state index contributed by atoms with van der Waals surface area (Å²) >= 11 is 0. The van der Waals surface area contributed by atoms with Crippen molar-refractivity contribution in [2.75, 3.05) is 0 Å². The second-order valence-corrected chi connectivity index (χ2v) is 2.44. The van der Waals surface area contributed by atoms with Crippen LogP contribution in [-0.4, -0.2) is 6.21 Å². The SMILES string of the molecule is CC(C)C1=CC=[N+]C=C1. The third-order valence-electron chi connectivity index (χ3n) is 1.37. The van der Waals surface area contributed by atoms with Gasteiger partial charge >= 0.3 is 0 Å². The van der Waals surface area contributed by atoms with Crippen molar-refractivity contribution in [2.45, 2.75) is 13.8 Å². The van der Waals surface area contributed by atoms with Crippen molar-refractivity contribution < 1.29 is 0 Å². The molecule has 1 nitrogen and oxygen atoms in total. The van der Waals surface area contributed by atoms with Crippen LogP contribution >= 0.6 is 0 Å². The molecule has 1 heterocycles. The highest BCUT2D eigenvalue weighted by Crippen LogP contribution is 2.10. The molecule has 47 valence electrons. The highest BCUT2D eigenvalue weighted by molar-refractivity contribution is 5.73. The summed E-state index contributed by atoms with van der Waals surface area (Å²) in [4.78, 5) is 3.93. The van der Waals surface area contributed by atoms with Crippen molar-refractivity contribution >= 4 is 6.21 Å². The molecule has 0 amide bonds. The molecular formula is C8H11N+. The smallest absolute Gasteiger partial charge is 0.0587 e. The fourth-order valence-electron chi connectivity index (χ4n) is 0.748. The quantitative estimate of drug-likeness (QED) is 0.499. The molecule has 0 atom stereocenters. The van der Waals surface area contributed by atoms with Gasteiger partial charge in [-0.15, -0.1) is 0 Å². The molecule has 1 aliphatic heterocycles. The Kier molecular flexibility index (Phi) is 1.83. The van der Waals surface area contributed by atoms with Crippen LogP contribution in [0.3, 0.4) is 0 Å². The van der Waals surface area contributed by atoms with Crippen molar-refractivity contribution in [3.05, 3.63) is 23.9 Å². The molecule has 0 aliphatic carbocycles. The number of rotatable bonds is 1. The molecule has 1 rings (SSSR count). The molecule has 0 bridgehead atoms. The highest BCUT2D eigenvalue weighted by Gasteiger charge is 2.02. The molecule has 0 aromatic heterocycles. The molecule has 9 heavy (non-hydrogen) atoms. The molecular weight excluding hydrogens is 110 g/mol. The van der Waals surface area contributed by atoms with Gasteiger partial charge in [-0.1, -0.05) is 13.8 Å². The van der Waals surface area contributed by atoms with Gasteiger partial charge in [-0.3, -0.25) is 0 Å². The molecule has 1 heteroatoms. The monoisotopic (exact) mass is 121 g/mol. The molecule has 0 aromatic carbocycles. The van der Waals surface area contributed by atoms with Gasteiger partial charge in [-0.05, 0) is 11.5 Å². The second-order valence-electron chi connectivity index (χ2n) is 2.44.